The van der Waals surface area contributed by atoms with Crippen molar-refractivity contribution in [3.8, 4) is 0 Å². The van der Waals surface area contributed by atoms with Crippen molar-refractivity contribution in [1.29, 1.82) is 0 Å². The van der Waals surface area contributed by atoms with Gasteiger partial charge in [0.05, 0.1) is 11.8 Å². The van der Waals surface area contributed by atoms with Crippen LogP contribution >= 0.6 is 0 Å². The number of hydrogen-bond donors (Lipinski definition) is 0. The van der Waals surface area contributed by atoms with E-state index in [1.165, 1.54) is 27.7 Å². The van der Waals surface area contributed by atoms with E-state index in [1.54, 1.807) is 0 Å². The quantitative estimate of drug-likeness (QED) is 0.521. The standard InChI is InChI=1S/C8H14N4O6/c1-5(2)7(13)17-11(15)9-10-12(16)18-8(14)6(3)4/h5-6H,1-4H3/q+2. The first-order valence-corrected chi connectivity index (χ1v) is 5.03. The number of nitrogens with zero attached hydrogens (tertiary/aromatic N) is 4. The Kier molecular flexibility index (Phi) is 6.24. The molecule has 0 aliphatic carbocycles. The fourth-order valence-electron chi connectivity index (χ4n) is 0.467. The fourth-order valence-corrected chi connectivity index (χ4v) is 0.467. The van der Waals surface area contributed by atoms with E-state index >= 15 is 0 Å². The van der Waals surface area contributed by atoms with Gasteiger partial charge in [0, 0.05) is 9.81 Å². The molecular formula is C8H14N4O6+2. The lowest BCUT2D eigenvalue weighted by Gasteiger charge is -1.93. The molecule has 0 aliphatic rings. The predicted molar refractivity (Wildman–Crippen MR) is 54.0 cm³/mol. The summed E-state index contributed by atoms with van der Waals surface area (Å²) in [5, 5.41) is 4.19. The molecule has 10 nitrogen and oxygen atoms in total. The average Bonchev–Trinajstić information content (AvgIpc) is 2.25. The molecule has 0 amide bonds. The van der Waals surface area contributed by atoms with Crippen LogP contribution in [0.25, 0.3) is 0 Å². The van der Waals surface area contributed by atoms with Gasteiger partial charge in [0.1, 0.15) is 0 Å². The van der Waals surface area contributed by atoms with Gasteiger partial charge >= 0.3 is 32.4 Å². The molecule has 0 rings (SSSR count). The second-order valence-corrected chi connectivity index (χ2v) is 3.78. The van der Waals surface area contributed by atoms with Crippen molar-refractivity contribution in [2.75, 3.05) is 0 Å². The van der Waals surface area contributed by atoms with Gasteiger partial charge in [0.2, 0.25) is 0 Å². The molecule has 0 saturated carbocycles. The average molecular weight is 262 g/mol. The minimum absolute atomic E-state index is 0.543. The van der Waals surface area contributed by atoms with E-state index in [0.717, 1.165) is 0 Å². The van der Waals surface area contributed by atoms with E-state index in [4.69, 9.17) is 0 Å². The van der Waals surface area contributed by atoms with Gasteiger partial charge in [-0.05, 0) is 0 Å². The Bertz CT molecular complexity index is 353. The fraction of sp³-hybridized carbons (Fsp3) is 0.750. The minimum Gasteiger partial charge on any atom is -0.246 e. The number of hydrogen-bond acceptors (Lipinski definition) is 6. The van der Waals surface area contributed by atoms with Crippen LogP contribution in [-0.2, 0) is 19.3 Å². The first kappa shape index (κ1) is 15.7. The van der Waals surface area contributed by atoms with E-state index in [1.807, 2.05) is 0 Å². The Morgan fingerprint density at radius 1 is 0.833 bits per heavy atom. The largest absolute Gasteiger partial charge is 0.485 e. The van der Waals surface area contributed by atoms with Crippen molar-refractivity contribution in [2.24, 2.45) is 22.3 Å². The maximum atomic E-state index is 10.9. The van der Waals surface area contributed by atoms with Gasteiger partial charge in [-0.3, -0.25) is 0 Å². The summed E-state index contributed by atoms with van der Waals surface area (Å²) in [6.07, 6.45) is 0. The molecule has 18 heavy (non-hydrogen) atoms. The summed E-state index contributed by atoms with van der Waals surface area (Å²) < 4.78 is 0. The lowest BCUT2D eigenvalue weighted by Crippen LogP contribution is -2.18. The topological polar surface area (TPSA) is 117 Å². The van der Waals surface area contributed by atoms with Crippen molar-refractivity contribution < 1.29 is 29.3 Å². The number of carbonyl (C=O) groups excluding carboxylic acids is 2. The smallest absolute Gasteiger partial charge is 0.246 e. The summed E-state index contributed by atoms with van der Waals surface area (Å²) in [5.74, 6) is -2.78. The third-order valence-electron chi connectivity index (χ3n) is 1.46. The van der Waals surface area contributed by atoms with Crippen LogP contribution in [0.3, 0.4) is 0 Å². The Morgan fingerprint density at radius 3 is 1.33 bits per heavy atom. The Balaban J connectivity index is 4.23. The van der Waals surface area contributed by atoms with Crippen LogP contribution in [0.2, 0.25) is 0 Å². The van der Waals surface area contributed by atoms with Gasteiger partial charge in [-0.2, -0.15) is 9.68 Å². The summed E-state index contributed by atoms with van der Waals surface area (Å²) >= 11 is 0. The molecule has 0 atom stereocenters. The molecule has 100 valence electrons. The van der Waals surface area contributed by atoms with Gasteiger partial charge < -0.3 is 0 Å². The zero-order valence-corrected chi connectivity index (χ0v) is 10.4. The second kappa shape index (κ2) is 7.14. The molecule has 0 saturated heterocycles. The lowest BCUT2D eigenvalue weighted by molar-refractivity contribution is -0.833. The third kappa shape index (κ3) is 6.35. The normalized spacial score (nSPS) is 10.8. The van der Waals surface area contributed by atoms with Gasteiger partial charge in [-0.15, -0.1) is 0 Å². The molecule has 0 aliphatic heterocycles. The van der Waals surface area contributed by atoms with Gasteiger partial charge in [-0.1, -0.05) is 27.7 Å². The highest BCUT2D eigenvalue weighted by atomic mass is 16.8. The van der Waals surface area contributed by atoms with Gasteiger partial charge in [-0.25, -0.2) is 9.59 Å². The number of carbonyl (C=O) groups is 2. The molecular weight excluding hydrogens is 248 g/mol. The maximum absolute atomic E-state index is 10.9. The Morgan fingerprint density at radius 2 is 1.11 bits per heavy atom. The zero-order chi connectivity index (χ0) is 14.3. The summed E-state index contributed by atoms with van der Waals surface area (Å²) in [5.41, 5.74) is 0. The highest BCUT2D eigenvalue weighted by Crippen LogP contribution is 1.98. The molecule has 0 fully saturated rings. The highest BCUT2D eigenvalue weighted by molar-refractivity contribution is 5.70. The maximum Gasteiger partial charge on any atom is 0.485 e. The molecule has 0 aromatic carbocycles. The molecule has 0 spiro atoms. The van der Waals surface area contributed by atoms with Crippen LogP contribution in [-0.4, -0.2) is 22.0 Å². The van der Waals surface area contributed by atoms with Crippen LogP contribution in [0.5, 0.6) is 0 Å². The summed E-state index contributed by atoms with van der Waals surface area (Å²) in [7, 11) is 0. The van der Waals surface area contributed by atoms with E-state index in [9.17, 15) is 19.4 Å². The van der Waals surface area contributed by atoms with Crippen LogP contribution < -0.4 is 0 Å². The first-order chi connectivity index (χ1) is 8.23. The van der Waals surface area contributed by atoms with E-state index in [2.05, 4.69) is 20.1 Å². The van der Waals surface area contributed by atoms with Crippen LogP contribution in [0.15, 0.2) is 10.4 Å². The molecule has 0 bridgehead atoms. The van der Waals surface area contributed by atoms with Crippen molar-refractivity contribution in [1.82, 2.24) is 0 Å². The van der Waals surface area contributed by atoms with E-state index in [-0.39, 0.29) is 0 Å². The second-order valence-electron chi connectivity index (χ2n) is 3.78. The molecule has 0 heterocycles. The Labute approximate surface area is 102 Å². The highest BCUT2D eigenvalue weighted by Gasteiger charge is 2.28. The minimum atomic E-state index is -0.847. The van der Waals surface area contributed by atoms with E-state index < -0.39 is 33.8 Å². The SMILES string of the molecule is CC(C)C(=O)O[N+](=O)N=N[N+](=O)OC(=O)C(C)C. The zero-order valence-electron chi connectivity index (χ0n) is 10.4. The molecule has 0 aromatic rings. The van der Waals surface area contributed by atoms with Crippen molar-refractivity contribution in [3.63, 3.8) is 0 Å². The predicted octanol–water partition coefficient (Wildman–Crippen LogP) is 1.05. The molecule has 0 radical (unpaired) electrons. The summed E-state index contributed by atoms with van der Waals surface area (Å²) in [6.45, 7) is 5.99. The molecule has 10 heteroatoms. The Hall–Kier alpha value is -2.26. The van der Waals surface area contributed by atoms with Crippen LogP contribution in [0.1, 0.15) is 27.7 Å². The monoisotopic (exact) mass is 262 g/mol. The first-order valence-electron chi connectivity index (χ1n) is 5.03. The summed E-state index contributed by atoms with van der Waals surface area (Å²) in [4.78, 5) is 51.6. The van der Waals surface area contributed by atoms with Gasteiger partial charge in [0.15, 0.2) is 0 Å². The van der Waals surface area contributed by atoms with Crippen LogP contribution in [0.4, 0.5) is 0 Å². The molecule has 0 aromatic heterocycles. The van der Waals surface area contributed by atoms with Crippen LogP contribution in [0, 0.1) is 21.6 Å². The van der Waals surface area contributed by atoms with Crippen molar-refractivity contribution in [3.05, 3.63) is 9.81 Å². The van der Waals surface area contributed by atoms with Gasteiger partial charge in [0.25, 0.3) is 0 Å². The molecule has 0 N–H and O–H groups in total. The molecule has 0 unspecified atom stereocenters. The van der Waals surface area contributed by atoms with Crippen molar-refractivity contribution >= 4 is 11.9 Å². The van der Waals surface area contributed by atoms with Crippen molar-refractivity contribution in [2.45, 2.75) is 27.7 Å². The van der Waals surface area contributed by atoms with E-state index in [0.29, 0.717) is 0 Å². The third-order valence-corrected chi connectivity index (χ3v) is 1.46. The summed E-state index contributed by atoms with van der Waals surface area (Å²) in [6, 6.07) is 0. The number of rotatable bonds is 6. The lowest BCUT2D eigenvalue weighted by atomic mass is 10.2.